The molecule has 7 rings (SSSR count). The second-order valence-electron chi connectivity index (χ2n) is 10.3. The van der Waals surface area contributed by atoms with E-state index in [1.165, 1.54) is 56.3 Å². The number of hydroxylamine groups is 1. The van der Waals surface area contributed by atoms with Crippen molar-refractivity contribution in [1.82, 2.24) is 19.5 Å². The fraction of sp³-hybridized carbons (Fsp3) is 0.762. The van der Waals surface area contributed by atoms with E-state index in [0.29, 0.717) is 16.9 Å². The Kier molecular flexibility index (Phi) is 3.28. The smallest absolute Gasteiger partial charge is 0.183 e. The minimum Gasteiger partial charge on any atom is -0.326 e. The van der Waals surface area contributed by atoms with Crippen molar-refractivity contribution in [1.29, 1.82) is 0 Å². The quantitative estimate of drug-likeness (QED) is 0.881. The van der Waals surface area contributed by atoms with Gasteiger partial charge < -0.3 is 4.57 Å². The first kappa shape index (κ1) is 16.3. The second kappa shape index (κ2) is 5.43. The first-order valence-corrected chi connectivity index (χ1v) is 10.7. The minimum absolute atomic E-state index is 0.288. The predicted molar refractivity (Wildman–Crippen MR) is 102 cm³/mol. The highest BCUT2D eigenvalue weighted by Crippen LogP contribution is 2.62. The van der Waals surface area contributed by atoms with Crippen LogP contribution in [0.15, 0.2) is 12.7 Å². The van der Waals surface area contributed by atoms with E-state index < -0.39 is 0 Å². The van der Waals surface area contributed by atoms with Gasteiger partial charge in [-0.2, -0.15) is 0 Å². The van der Waals surface area contributed by atoms with E-state index in [-0.39, 0.29) is 5.54 Å². The summed E-state index contributed by atoms with van der Waals surface area (Å²) in [7, 11) is 0. The highest BCUT2D eigenvalue weighted by Gasteiger charge is 2.51. The number of hydrogen-bond donors (Lipinski definition) is 1. The van der Waals surface area contributed by atoms with Crippen molar-refractivity contribution in [2.75, 3.05) is 5.06 Å². The third-order valence-electron chi connectivity index (χ3n) is 8.35. The Morgan fingerprint density at radius 1 is 1.04 bits per heavy atom. The molecular weight excluding hydrogens is 338 g/mol. The zero-order valence-corrected chi connectivity index (χ0v) is 16.1. The highest BCUT2D eigenvalue weighted by molar-refractivity contribution is 5.83. The van der Waals surface area contributed by atoms with Crippen molar-refractivity contribution in [3.05, 3.63) is 12.7 Å². The van der Waals surface area contributed by atoms with Crippen LogP contribution in [0.4, 0.5) is 5.82 Å². The van der Waals surface area contributed by atoms with Crippen LogP contribution in [0.3, 0.4) is 0 Å². The Morgan fingerprint density at radius 2 is 1.74 bits per heavy atom. The summed E-state index contributed by atoms with van der Waals surface area (Å²) in [6, 6.07) is 0. The van der Waals surface area contributed by atoms with Gasteiger partial charge in [-0.1, -0.05) is 0 Å². The van der Waals surface area contributed by atoms with Crippen LogP contribution < -0.4 is 5.06 Å². The fourth-order valence-corrected chi connectivity index (χ4v) is 7.30. The van der Waals surface area contributed by atoms with Crippen LogP contribution in [-0.2, 0) is 6.54 Å². The van der Waals surface area contributed by atoms with Gasteiger partial charge in [-0.3, -0.25) is 5.21 Å². The molecule has 3 heterocycles. The Morgan fingerprint density at radius 3 is 2.44 bits per heavy atom. The van der Waals surface area contributed by atoms with Crippen molar-refractivity contribution < 1.29 is 5.21 Å². The van der Waals surface area contributed by atoms with Crippen LogP contribution in [0.1, 0.15) is 64.7 Å². The molecule has 1 unspecified atom stereocenters. The van der Waals surface area contributed by atoms with Gasteiger partial charge in [0.1, 0.15) is 11.8 Å². The van der Waals surface area contributed by atoms with Crippen LogP contribution in [0.2, 0.25) is 0 Å². The third kappa shape index (κ3) is 2.38. The molecule has 5 aliphatic rings. The summed E-state index contributed by atoms with van der Waals surface area (Å²) in [6.45, 7) is 3.06. The van der Waals surface area contributed by atoms with Gasteiger partial charge in [0, 0.05) is 6.54 Å². The molecule has 0 radical (unpaired) electrons. The number of aryl methyl sites for hydroxylation is 1. The molecule has 4 aliphatic carbocycles. The van der Waals surface area contributed by atoms with Crippen LogP contribution in [0.25, 0.3) is 11.2 Å². The Balaban J connectivity index is 1.28. The maximum atomic E-state index is 11.2. The molecule has 0 aromatic carbocycles. The normalized spacial score (nSPS) is 39.9. The van der Waals surface area contributed by atoms with Gasteiger partial charge in [-0.05, 0) is 87.9 Å². The summed E-state index contributed by atoms with van der Waals surface area (Å²) in [5, 5.41) is 12.7. The molecule has 1 N–H and O–H groups in total. The molecule has 4 saturated carbocycles. The summed E-state index contributed by atoms with van der Waals surface area (Å²) in [4.78, 5) is 13.0. The number of aromatic nitrogens is 4. The van der Waals surface area contributed by atoms with E-state index in [1.807, 2.05) is 6.33 Å². The molecule has 4 fully saturated rings. The number of nitrogens with zero attached hydrogens (tertiary/aromatic N) is 5. The van der Waals surface area contributed by atoms with Gasteiger partial charge in [-0.15, -0.1) is 0 Å². The summed E-state index contributed by atoms with van der Waals surface area (Å²) in [5.41, 5.74) is 1.79. The number of hydrogen-bond acceptors (Lipinski definition) is 5. The van der Waals surface area contributed by atoms with Crippen molar-refractivity contribution in [2.45, 2.75) is 76.8 Å². The van der Waals surface area contributed by atoms with E-state index in [4.69, 9.17) is 0 Å². The van der Waals surface area contributed by atoms with Gasteiger partial charge in [0.2, 0.25) is 0 Å². The van der Waals surface area contributed by atoms with Crippen LogP contribution in [0.5, 0.6) is 0 Å². The SMILES string of the molecule is CC1(CCC23CC4CC(CC(C4)C2)C3)CCn2cnc3ncnc(c32)N1O. The molecule has 0 amide bonds. The molecule has 4 bridgehead atoms. The molecule has 6 nitrogen and oxygen atoms in total. The maximum absolute atomic E-state index is 11.2. The average molecular weight is 367 g/mol. The van der Waals surface area contributed by atoms with E-state index in [2.05, 4.69) is 26.4 Å². The van der Waals surface area contributed by atoms with Crippen LogP contribution in [0, 0.1) is 23.2 Å². The lowest BCUT2D eigenvalue weighted by atomic mass is 9.48. The van der Waals surface area contributed by atoms with E-state index in [0.717, 1.165) is 42.7 Å². The van der Waals surface area contributed by atoms with Gasteiger partial charge >= 0.3 is 0 Å². The van der Waals surface area contributed by atoms with Crippen molar-refractivity contribution in [3.8, 4) is 0 Å². The Labute approximate surface area is 160 Å². The zero-order valence-electron chi connectivity index (χ0n) is 16.1. The van der Waals surface area contributed by atoms with E-state index >= 15 is 0 Å². The lowest BCUT2D eigenvalue weighted by Gasteiger charge is -2.57. The van der Waals surface area contributed by atoms with Gasteiger partial charge in [0.05, 0.1) is 11.9 Å². The van der Waals surface area contributed by atoms with Crippen molar-refractivity contribution in [2.24, 2.45) is 23.2 Å². The predicted octanol–water partition coefficient (Wildman–Crippen LogP) is 4.18. The van der Waals surface area contributed by atoms with Gasteiger partial charge in [-0.25, -0.2) is 20.0 Å². The first-order chi connectivity index (χ1) is 13.0. The molecular formula is C21H29N5O. The minimum atomic E-state index is -0.288. The number of anilines is 1. The summed E-state index contributed by atoms with van der Waals surface area (Å²) in [6.07, 6.45) is 15.3. The summed E-state index contributed by atoms with van der Waals surface area (Å²) < 4.78 is 2.10. The fourth-order valence-electron chi connectivity index (χ4n) is 7.30. The monoisotopic (exact) mass is 367 g/mol. The lowest BCUT2D eigenvalue weighted by molar-refractivity contribution is -0.0624. The molecule has 27 heavy (non-hydrogen) atoms. The molecule has 0 saturated heterocycles. The summed E-state index contributed by atoms with van der Waals surface area (Å²) in [5.74, 6) is 3.56. The standard InChI is InChI=1S/C21H29N5O/c1-20(2-3-21-9-14-6-15(10-21)8-16(7-14)11-21)4-5-25-13-24-18-17(25)19(26(20)27)23-12-22-18/h12-16,27H,2-11H2,1H3. The topological polar surface area (TPSA) is 67.1 Å². The molecule has 1 aliphatic heterocycles. The first-order valence-electron chi connectivity index (χ1n) is 10.7. The Hall–Kier alpha value is -1.69. The van der Waals surface area contributed by atoms with Gasteiger partial charge in [0.15, 0.2) is 11.5 Å². The van der Waals surface area contributed by atoms with E-state index in [9.17, 15) is 5.21 Å². The molecule has 1 atom stereocenters. The molecule has 144 valence electrons. The lowest BCUT2D eigenvalue weighted by Crippen LogP contribution is -2.49. The summed E-state index contributed by atoms with van der Waals surface area (Å²) >= 11 is 0. The maximum Gasteiger partial charge on any atom is 0.183 e. The second-order valence-corrected chi connectivity index (χ2v) is 10.3. The molecule has 2 aromatic rings. The van der Waals surface area contributed by atoms with Crippen molar-refractivity contribution in [3.63, 3.8) is 0 Å². The Bertz CT molecular complexity index is 857. The molecule has 0 spiro atoms. The number of rotatable bonds is 3. The van der Waals surface area contributed by atoms with Gasteiger partial charge in [0.25, 0.3) is 0 Å². The van der Waals surface area contributed by atoms with Crippen LogP contribution >= 0.6 is 0 Å². The average Bonchev–Trinajstić information content (AvgIpc) is 3.02. The van der Waals surface area contributed by atoms with E-state index in [1.54, 1.807) is 0 Å². The third-order valence-corrected chi connectivity index (χ3v) is 8.35. The zero-order chi connectivity index (χ0) is 18.2. The highest BCUT2D eigenvalue weighted by atomic mass is 16.5. The largest absolute Gasteiger partial charge is 0.326 e. The molecule has 2 aromatic heterocycles. The number of imidazole rings is 1. The van der Waals surface area contributed by atoms with Crippen LogP contribution in [-0.4, -0.2) is 30.3 Å². The van der Waals surface area contributed by atoms with Crippen molar-refractivity contribution >= 4 is 17.0 Å². The molecule has 6 heteroatoms.